The van der Waals surface area contributed by atoms with Crippen molar-refractivity contribution in [3.05, 3.63) is 107 Å². The number of amides is 2. The van der Waals surface area contributed by atoms with Gasteiger partial charge in [0.05, 0.1) is 30.6 Å². The number of benzene rings is 3. The molecule has 2 heterocycles. The van der Waals surface area contributed by atoms with E-state index in [9.17, 15) is 24.3 Å². The molecule has 11 heteroatoms. The van der Waals surface area contributed by atoms with Gasteiger partial charge < -0.3 is 20.3 Å². The van der Waals surface area contributed by atoms with Gasteiger partial charge in [0.1, 0.15) is 17.2 Å². The van der Waals surface area contributed by atoms with Crippen LogP contribution >= 0.6 is 0 Å². The van der Waals surface area contributed by atoms with Gasteiger partial charge in [-0.1, -0.05) is 60.2 Å². The molecular formula is C41H40N4O7. The Kier molecular flexibility index (Phi) is 10.1. The van der Waals surface area contributed by atoms with Crippen molar-refractivity contribution < 1.29 is 33.8 Å². The first kappa shape index (κ1) is 34.6. The molecule has 2 aliphatic carbocycles. The number of piperidine rings is 1. The predicted octanol–water partition coefficient (Wildman–Crippen LogP) is 5.84. The number of aromatic nitrogens is 2. The Balaban J connectivity index is 0.843. The average Bonchev–Trinajstić information content (AvgIpc) is 3.69. The molecule has 4 aromatic rings. The van der Waals surface area contributed by atoms with Gasteiger partial charge in [-0.25, -0.2) is 0 Å². The third-order valence-corrected chi connectivity index (χ3v) is 10.2. The van der Waals surface area contributed by atoms with Gasteiger partial charge in [-0.2, -0.15) is 0 Å². The number of carbonyl (C=O) groups excluding carboxylic acids is 4. The van der Waals surface area contributed by atoms with Gasteiger partial charge in [0.2, 0.25) is 11.8 Å². The van der Waals surface area contributed by atoms with Crippen LogP contribution < -0.4 is 20.5 Å². The van der Waals surface area contributed by atoms with E-state index in [0.717, 1.165) is 37.7 Å². The van der Waals surface area contributed by atoms with E-state index in [0.29, 0.717) is 48.3 Å². The first-order chi connectivity index (χ1) is 25.2. The smallest absolute Gasteiger partial charge is 0.230 e. The Labute approximate surface area is 301 Å². The summed E-state index contributed by atoms with van der Waals surface area (Å²) in [6.07, 6.45) is 8.06. The molecule has 0 saturated carbocycles. The number of Topliss-reactive ketones (excluding diaryl/α,β-unsaturated/α-hetero) is 2. The molecule has 1 fully saturated rings. The summed E-state index contributed by atoms with van der Waals surface area (Å²) < 4.78 is 12.0. The van der Waals surface area contributed by atoms with Gasteiger partial charge in [0, 0.05) is 30.0 Å². The van der Waals surface area contributed by atoms with E-state index in [1.807, 2.05) is 6.07 Å². The van der Waals surface area contributed by atoms with Crippen molar-refractivity contribution in [2.24, 2.45) is 17.8 Å². The molecule has 3 unspecified atom stereocenters. The maximum absolute atomic E-state index is 13.4. The SMILES string of the molecule is Nc1nnc(-c2ccccc2O)cc1OCCc1ccc(CC2=CCC(CCCOc3cccc4c3C(=O)C(C3CCC(=O)NC3=O)C4=O)C2)cc1. The monoisotopic (exact) mass is 700 g/mol. The zero-order valence-corrected chi connectivity index (χ0v) is 28.7. The van der Waals surface area contributed by atoms with Crippen LogP contribution in [0, 0.1) is 17.8 Å². The van der Waals surface area contributed by atoms with Gasteiger partial charge in [-0.3, -0.25) is 24.5 Å². The van der Waals surface area contributed by atoms with Crippen molar-refractivity contribution >= 4 is 29.2 Å². The van der Waals surface area contributed by atoms with Crippen LogP contribution in [0.5, 0.6) is 17.2 Å². The van der Waals surface area contributed by atoms with Crippen LogP contribution in [0.25, 0.3) is 11.3 Å². The molecule has 0 spiro atoms. The van der Waals surface area contributed by atoms with E-state index in [2.05, 4.69) is 45.9 Å². The Morgan fingerprint density at radius 2 is 1.62 bits per heavy atom. The first-order valence-electron chi connectivity index (χ1n) is 17.7. The lowest BCUT2D eigenvalue weighted by Gasteiger charge is -2.24. The van der Waals surface area contributed by atoms with Gasteiger partial charge >= 0.3 is 0 Å². The number of hydrogen-bond donors (Lipinski definition) is 3. The third kappa shape index (κ3) is 7.44. The van der Waals surface area contributed by atoms with Crippen molar-refractivity contribution in [2.75, 3.05) is 18.9 Å². The fraction of sp³-hybridized carbons (Fsp3) is 0.317. The van der Waals surface area contributed by atoms with E-state index < -0.39 is 23.5 Å². The van der Waals surface area contributed by atoms with E-state index in [-0.39, 0.29) is 47.2 Å². The molecule has 0 radical (unpaired) electrons. The van der Waals surface area contributed by atoms with Crippen molar-refractivity contribution in [2.45, 2.75) is 51.4 Å². The Morgan fingerprint density at radius 1 is 0.846 bits per heavy atom. The molecule has 3 aromatic carbocycles. The Morgan fingerprint density at radius 3 is 2.42 bits per heavy atom. The van der Waals surface area contributed by atoms with E-state index in [1.54, 1.807) is 42.5 Å². The fourth-order valence-corrected chi connectivity index (χ4v) is 7.42. The second kappa shape index (κ2) is 15.2. The molecule has 1 saturated heterocycles. The van der Waals surface area contributed by atoms with Gasteiger partial charge in [-0.05, 0) is 73.8 Å². The molecule has 4 N–H and O–H groups in total. The number of nitrogen functional groups attached to an aromatic ring is 1. The number of nitrogens with one attached hydrogen (secondary N) is 1. The molecule has 2 amide bonds. The number of ether oxygens (including phenoxy) is 2. The zero-order valence-electron chi connectivity index (χ0n) is 28.7. The highest BCUT2D eigenvalue weighted by molar-refractivity contribution is 6.29. The number of allylic oxidation sites excluding steroid dienone is 2. The zero-order chi connectivity index (χ0) is 36.2. The van der Waals surface area contributed by atoms with Crippen LogP contribution in [0.4, 0.5) is 5.82 Å². The highest BCUT2D eigenvalue weighted by atomic mass is 16.5. The average molecular weight is 701 g/mol. The standard InChI is InChI=1S/C41H40N4O7/c42-40-34(23-31(44-45-40)28-6-1-2-8-32(28)46)52-20-18-24-10-12-26(13-11-24)22-27-15-14-25(21-27)5-4-19-51-33-9-3-7-29-36(33)39(49)37(38(29)48)30-16-17-35(47)43-41(30)50/h1-3,6-13,15,23,25,30,37,46H,4-5,14,16-22H2,(H2,42,45)(H,43,47,50). The molecule has 1 aromatic heterocycles. The second-order valence-corrected chi connectivity index (χ2v) is 13.7. The second-order valence-electron chi connectivity index (χ2n) is 13.7. The number of hydrogen-bond acceptors (Lipinski definition) is 10. The summed E-state index contributed by atoms with van der Waals surface area (Å²) >= 11 is 0. The van der Waals surface area contributed by atoms with Crippen molar-refractivity contribution in [1.29, 1.82) is 0 Å². The third-order valence-electron chi connectivity index (χ3n) is 10.2. The number of nitrogens with zero attached hydrogens (tertiary/aromatic N) is 2. The summed E-state index contributed by atoms with van der Waals surface area (Å²) in [7, 11) is 0. The molecule has 11 nitrogen and oxygen atoms in total. The van der Waals surface area contributed by atoms with Gasteiger partial charge in [0.25, 0.3) is 0 Å². The minimum atomic E-state index is -1.11. The lowest BCUT2D eigenvalue weighted by atomic mass is 9.82. The molecule has 3 aliphatic rings. The van der Waals surface area contributed by atoms with Crippen LogP contribution in [-0.2, 0) is 22.4 Å². The Bertz CT molecular complexity index is 2060. The lowest BCUT2D eigenvalue weighted by molar-refractivity contribution is -0.137. The summed E-state index contributed by atoms with van der Waals surface area (Å²) in [6.45, 7) is 0.829. The predicted molar refractivity (Wildman–Crippen MR) is 193 cm³/mol. The minimum absolute atomic E-state index is 0.109. The number of phenolic OH excluding ortho intramolecular Hbond substituents is 1. The largest absolute Gasteiger partial charge is 0.507 e. The number of nitrogens with two attached hydrogens (primary N) is 1. The molecule has 3 atom stereocenters. The lowest BCUT2D eigenvalue weighted by Crippen LogP contribution is -2.46. The number of imide groups is 1. The highest BCUT2D eigenvalue weighted by Crippen LogP contribution is 2.39. The van der Waals surface area contributed by atoms with Crippen molar-refractivity contribution in [1.82, 2.24) is 15.5 Å². The molecule has 52 heavy (non-hydrogen) atoms. The molecule has 1 aliphatic heterocycles. The van der Waals surface area contributed by atoms with Crippen LogP contribution in [0.1, 0.15) is 70.4 Å². The molecule has 266 valence electrons. The van der Waals surface area contributed by atoms with E-state index >= 15 is 0 Å². The Hall–Kier alpha value is -5.84. The van der Waals surface area contributed by atoms with Crippen molar-refractivity contribution in [3.8, 4) is 28.5 Å². The molecule has 0 bridgehead atoms. The normalized spacial score (nSPS) is 19.7. The number of para-hydroxylation sites is 1. The van der Waals surface area contributed by atoms with E-state index in [4.69, 9.17) is 15.2 Å². The summed E-state index contributed by atoms with van der Waals surface area (Å²) in [5.41, 5.74) is 11.4. The van der Waals surface area contributed by atoms with Gasteiger partial charge in [-0.15, -0.1) is 10.2 Å². The van der Waals surface area contributed by atoms with E-state index in [1.165, 1.54) is 11.1 Å². The number of anilines is 1. The summed E-state index contributed by atoms with van der Waals surface area (Å²) in [4.78, 5) is 50.6. The summed E-state index contributed by atoms with van der Waals surface area (Å²) in [5.74, 6) is -2.04. The van der Waals surface area contributed by atoms with Crippen LogP contribution in [0.2, 0.25) is 0 Å². The summed E-state index contributed by atoms with van der Waals surface area (Å²) in [6, 6.07) is 22.2. The number of ketones is 2. The van der Waals surface area contributed by atoms with Crippen molar-refractivity contribution in [3.63, 3.8) is 0 Å². The molecule has 7 rings (SSSR count). The quantitative estimate of drug-likeness (QED) is 0.0666. The number of phenols is 1. The highest BCUT2D eigenvalue weighted by Gasteiger charge is 2.48. The van der Waals surface area contributed by atoms with Crippen LogP contribution in [0.3, 0.4) is 0 Å². The topological polar surface area (TPSA) is 171 Å². The number of rotatable bonds is 13. The summed E-state index contributed by atoms with van der Waals surface area (Å²) in [5, 5.41) is 20.5. The van der Waals surface area contributed by atoms with Crippen LogP contribution in [0.15, 0.2) is 84.4 Å². The maximum Gasteiger partial charge on any atom is 0.230 e. The number of fused-ring (bicyclic) bond motifs is 1. The number of aromatic hydroxyl groups is 1. The fourth-order valence-electron chi connectivity index (χ4n) is 7.42. The molecular weight excluding hydrogens is 660 g/mol. The minimum Gasteiger partial charge on any atom is -0.507 e. The number of carbonyl (C=O) groups is 4. The van der Waals surface area contributed by atoms with Crippen LogP contribution in [-0.4, -0.2) is 51.9 Å². The first-order valence-corrected chi connectivity index (χ1v) is 17.7. The van der Waals surface area contributed by atoms with Gasteiger partial charge in [0.15, 0.2) is 23.1 Å². The maximum atomic E-state index is 13.4.